The Morgan fingerprint density at radius 2 is 1.42 bits per heavy atom. The van der Waals surface area contributed by atoms with E-state index in [2.05, 4.69) is 0 Å². The monoisotopic (exact) mass is 360 g/mol. The van der Waals surface area contributed by atoms with Gasteiger partial charge in [0.05, 0.1) is 12.4 Å². The summed E-state index contributed by atoms with van der Waals surface area (Å²) in [5, 5.41) is 0. The molecule has 0 saturated heterocycles. The summed E-state index contributed by atoms with van der Waals surface area (Å²) in [6.07, 6.45) is -0.200. The molecule has 24 heavy (non-hydrogen) atoms. The van der Waals surface area contributed by atoms with Crippen LogP contribution < -0.4 is 51.4 Å². The average Bonchev–Trinajstić information content (AvgIpc) is 2.52. The van der Waals surface area contributed by atoms with Crippen LogP contribution in [-0.4, -0.2) is 18.9 Å². The van der Waals surface area contributed by atoms with E-state index in [1.54, 1.807) is 60.7 Å². The Balaban J connectivity index is 0.00000288. The predicted molar refractivity (Wildman–Crippen MR) is 83.9 cm³/mol. The van der Waals surface area contributed by atoms with Crippen LogP contribution in [0.4, 0.5) is 12.9 Å². The van der Waals surface area contributed by atoms with Crippen LogP contribution in [0.25, 0.3) is 0 Å². The van der Waals surface area contributed by atoms with Gasteiger partial charge in [0.15, 0.2) is 0 Å². The molecule has 0 saturated carbocycles. The molecular weight excluding hydrogens is 343 g/mol. The second-order valence-corrected chi connectivity index (χ2v) is 5.34. The van der Waals surface area contributed by atoms with Gasteiger partial charge in [0.1, 0.15) is 0 Å². The Bertz CT molecular complexity index is 621. The number of hydrogen-bond acceptors (Lipinski definition) is 2. The first kappa shape index (κ1) is 21.4. The number of ether oxygens (including phenoxy) is 1. The number of esters is 1. The van der Waals surface area contributed by atoms with Gasteiger partial charge in [-0.3, -0.25) is 4.79 Å². The van der Waals surface area contributed by atoms with Crippen LogP contribution in [0.3, 0.4) is 0 Å². The second-order valence-electron chi connectivity index (χ2n) is 5.34. The summed E-state index contributed by atoms with van der Waals surface area (Å²) in [5.41, 5.74) is 1.42. The fourth-order valence-corrected chi connectivity index (χ4v) is 2.25. The molecule has 0 fully saturated rings. The van der Waals surface area contributed by atoms with Gasteiger partial charge in [0.25, 0.3) is 0 Å². The SMILES string of the molecule is O=C(Cc1ccccc1)OC(CCc1ccccc1)[B-](F)(F)F.[K+]. The van der Waals surface area contributed by atoms with Crippen LogP contribution >= 0.6 is 0 Å². The van der Waals surface area contributed by atoms with Crippen molar-refractivity contribution in [1.29, 1.82) is 0 Å². The number of aryl methyl sites for hydroxylation is 1. The van der Waals surface area contributed by atoms with E-state index in [0.29, 0.717) is 5.56 Å². The smallest absolute Gasteiger partial charge is 0.492 e. The van der Waals surface area contributed by atoms with E-state index < -0.39 is 18.9 Å². The van der Waals surface area contributed by atoms with Crippen LogP contribution in [0, 0.1) is 0 Å². The first-order chi connectivity index (χ1) is 10.9. The summed E-state index contributed by atoms with van der Waals surface area (Å²) in [6.45, 7) is -5.24. The minimum atomic E-state index is -5.24. The molecule has 0 N–H and O–H groups in total. The molecule has 2 aromatic rings. The second kappa shape index (κ2) is 10.4. The molecule has 7 heteroatoms. The maximum absolute atomic E-state index is 13.1. The van der Waals surface area contributed by atoms with Crippen molar-refractivity contribution in [2.45, 2.75) is 25.3 Å². The summed E-state index contributed by atoms with van der Waals surface area (Å²) in [4.78, 5) is 11.8. The third kappa shape index (κ3) is 7.53. The van der Waals surface area contributed by atoms with Crippen LogP contribution in [0.1, 0.15) is 17.5 Å². The number of halogens is 3. The number of benzene rings is 2. The minimum absolute atomic E-state index is 0. The number of carbonyl (C=O) groups excluding carboxylic acids is 1. The van der Waals surface area contributed by atoms with Crippen molar-refractivity contribution in [1.82, 2.24) is 0 Å². The Morgan fingerprint density at radius 1 is 0.917 bits per heavy atom. The topological polar surface area (TPSA) is 26.3 Å². The van der Waals surface area contributed by atoms with E-state index in [9.17, 15) is 17.7 Å². The van der Waals surface area contributed by atoms with E-state index in [1.165, 1.54) is 0 Å². The van der Waals surface area contributed by atoms with Gasteiger partial charge in [-0.25, -0.2) is 0 Å². The summed E-state index contributed by atoms with van der Waals surface area (Å²) in [6, 6.07) is 15.4. The van der Waals surface area contributed by atoms with Crippen LogP contribution in [0.2, 0.25) is 0 Å². The van der Waals surface area contributed by atoms with Crippen molar-refractivity contribution >= 4 is 12.9 Å². The van der Waals surface area contributed by atoms with Crippen LogP contribution in [0.5, 0.6) is 0 Å². The normalized spacial score (nSPS) is 12.1. The van der Waals surface area contributed by atoms with E-state index in [-0.39, 0.29) is 70.6 Å². The fraction of sp³-hybridized carbons (Fsp3) is 0.235. The van der Waals surface area contributed by atoms with Gasteiger partial charge in [-0.15, -0.1) is 0 Å². The molecule has 0 aromatic heterocycles. The van der Waals surface area contributed by atoms with Crippen molar-refractivity contribution in [2.75, 3.05) is 0 Å². The largest absolute Gasteiger partial charge is 1.00 e. The molecule has 2 aromatic carbocycles. The molecule has 122 valence electrons. The zero-order chi connectivity index (χ0) is 16.7. The first-order valence-corrected chi connectivity index (χ1v) is 7.42. The maximum atomic E-state index is 13.1. The van der Waals surface area contributed by atoms with Gasteiger partial charge in [0, 0.05) is 0 Å². The minimum Gasteiger partial charge on any atom is -0.492 e. The predicted octanol–water partition coefficient (Wildman–Crippen LogP) is 1.16. The maximum Gasteiger partial charge on any atom is 1.00 e. The molecule has 2 nitrogen and oxygen atoms in total. The first-order valence-electron chi connectivity index (χ1n) is 7.42. The molecule has 2 rings (SSSR count). The van der Waals surface area contributed by atoms with E-state index in [0.717, 1.165) is 5.56 Å². The third-order valence-corrected chi connectivity index (χ3v) is 3.46. The molecule has 0 heterocycles. The van der Waals surface area contributed by atoms with Gasteiger partial charge in [0.2, 0.25) is 0 Å². The fourth-order valence-electron chi connectivity index (χ4n) is 2.25. The Labute approximate surface area is 182 Å². The average molecular weight is 360 g/mol. The number of hydrogen-bond donors (Lipinski definition) is 0. The molecule has 0 aliphatic heterocycles. The molecule has 0 radical (unpaired) electrons. The number of carbonyl (C=O) groups is 1. The summed E-state index contributed by atoms with van der Waals surface area (Å²) >= 11 is 0. The van der Waals surface area contributed by atoms with Gasteiger partial charge < -0.3 is 17.7 Å². The Hall–Kier alpha value is -0.599. The zero-order valence-electron chi connectivity index (χ0n) is 13.5. The molecular formula is C17H17BF3KO2. The van der Waals surface area contributed by atoms with E-state index in [1.807, 2.05) is 0 Å². The van der Waals surface area contributed by atoms with Gasteiger partial charge in [-0.2, -0.15) is 0 Å². The molecule has 1 unspecified atom stereocenters. The van der Waals surface area contributed by atoms with E-state index in [4.69, 9.17) is 4.74 Å². The third-order valence-electron chi connectivity index (χ3n) is 3.46. The Morgan fingerprint density at radius 3 is 1.92 bits per heavy atom. The van der Waals surface area contributed by atoms with Gasteiger partial charge >= 0.3 is 64.3 Å². The van der Waals surface area contributed by atoms with Gasteiger partial charge in [-0.1, -0.05) is 60.7 Å². The van der Waals surface area contributed by atoms with Crippen LogP contribution in [-0.2, 0) is 22.4 Å². The standard InChI is InChI=1S/C17H17BF3O2.K/c19-18(20,21)16(12-11-14-7-3-1-4-8-14)23-17(22)13-15-9-5-2-6-10-15;/h1-10,16H,11-13H2;/q-1;+1. The molecule has 0 amide bonds. The van der Waals surface area contributed by atoms with Crippen molar-refractivity contribution in [3.05, 3.63) is 71.8 Å². The quantitative estimate of drug-likeness (QED) is 0.547. The Kier molecular flexibility index (Phi) is 9.30. The molecule has 0 spiro atoms. The summed E-state index contributed by atoms with van der Waals surface area (Å²) < 4.78 is 44.0. The van der Waals surface area contributed by atoms with Crippen molar-refractivity contribution in [3.8, 4) is 0 Å². The molecule has 0 bridgehead atoms. The van der Waals surface area contributed by atoms with Crippen molar-refractivity contribution < 1.29 is 73.9 Å². The van der Waals surface area contributed by atoms with Gasteiger partial charge in [-0.05, 0) is 24.0 Å². The van der Waals surface area contributed by atoms with E-state index >= 15 is 0 Å². The molecule has 1 atom stereocenters. The molecule has 0 aliphatic carbocycles. The summed E-state index contributed by atoms with van der Waals surface area (Å²) in [7, 11) is 0. The van der Waals surface area contributed by atoms with Crippen LogP contribution in [0.15, 0.2) is 60.7 Å². The molecule has 0 aliphatic rings. The number of rotatable bonds is 7. The summed E-state index contributed by atoms with van der Waals surface area (Å²) in [5.74, 6) is -0.853. The van der Waals surface area contributed by atoms with Crippen molar-refractivity contribution in [3.63, 3.8) is 0 Å². The van der Waals surface area contributed by atoms with Crippen molar-refractivity contribution in [2.24, 2.45) is 0 Å². The zero-order valence-corrected chi connectivity index (χ0v) is 16.6.